The molecule has 1 aliphatic rings. The Morgan fingerprint density at radius 2 is 1.67 bits per heavy atom. The molecule has 0 spiro atoms. The lowest BCUT2D eigenvalue weighted by Gasteiger charge is -2.15. The minimum atomic E-state index is -0.320. The number of nitrogens with zero attached hydrogens (tertiary/aromatic N) is 3. The van der Waals surface area contributed by atoms with Crippen LogP contribution in [0.25, 0.3) is 0 Å². The minimum Gasteiger partial charge on any atom is -0.455 e. The topological polar surface area (TPSA) is 67.3 Å². The molecule has 4 rings (SSSR count). The van der Waals surface area contributed by atoms with Gasteiger partial charge in [-0.3, -0.25) is 4.79 Å². The van der Waals surface area contributed by atoms with Gasteiger partial charge in [-0.25, -0.2) is 9.97 Å². The van der Waals surface area contributed by atoms with Gasteiger partial charge in [0.25, 0.3) is 5.91 Å². The van der Waals surface area contributed by atoms with Gasteiger partial charge in [-0.15, -0.1) is 0 Å². The van der Waals surface area contributed by atoms with Crippen molar-refractivity contribution in [2.45, 2.75) is 12.8 Å². The van der Waals surface area contributed by atoms with Crippen molar-refractivity contribution < 1.29 is 9.53 Å². The van der Waals surface area contributed by atoms with Crippen LogP contribution in [0.5, 0.6) is 11.5 Å². The highest BCUT2D eigenvalue weighted by atomic mass is 16.5. The van der Waals surface area contributed by atoms with Crippen LogP contribution in [0.3, 0.4) is 0 Å². The molecule has 0 radical (unpaired) electrons. The Kier molecular flexibility index (Phi) is 4.96. The number of ether oxygens (including phenoxy) is 1. The van der Waals surface area contributed by atoms with Gasteiger partial charge in [-0.1, -0.05) is 30.3 Å². The van der Waals surface area contributed by atoms with E-state index in [1.807, 2.05) is 48.5 Å². The van der Waals surface area contributed by atoms with E-state index in [1.54, 1.807) is 12.3 Å². The Hall–Kier alpha value is -3.41. The first kappa shape index (κ1) is 17.0. The highest BCUT2D eigenvalue weighted by Crippen LogP contribution is 2.29. The molecule has 6 nitrogen and oxygen atoms in total. The van der Waals surface area contributed by atoms with Crippen molar-refractivity contribution in [2.24, 2.45) is 0 Å². The average Bonchev–Trinajstić information content (AvgIpc) is 3.25. The van der Waals surface area contributed by atoms with Crippen molar-refractivity contribution in [3.63, 3.8) is 0 Å². The van der Waals surface area contributed by atoms with Gasteiger partial charge >= 0.3 is 0 Å². The number of anilines is 2. The third-order valence-corrected chi connectivity index (χ3v) is 4.41. The average molecular weight is 360 g/mol. The van der Waals surface area contributed by atoms with Crippen LogP contribution >= 0.6 is 0 Å². The molecule has 1 aliphatic heterocycles. The standard InChI is InChI=1S/C21H20N4O2/c26-21(18-14-23-20(15-22-18)25-12-6-7-13-25)24-17-10-4-5-11-19(17)27-16-8-2-1-3-9-16/h1-5,8-11,14-15H,6-7,12-13H2,(H,24,26). The summed E-state index contributed by atoms with van der Waals surface area (Å²) >= 11 is 0. The molecule has 1 N–H and O–H groups in total. The highest BCUT2D eigenvalue weighted by Gasteiger charge is 2.16. The molecule has 2 aromatic carbocycles. The zero-order valence-corrected chi connectivity index (χ0v) is 14.8. The van der Waals surface area contributed by atoms with Crippen molar-refractivity contribution in [2.75, 3.05) is 23.3 Å². The maximum Gasteiger partial charge on any atom is 0.275 e. The van der Waals surface area contributed by atoms with Crippen LogP contribution in [0.4, 0.5) is 11.5 Å². The molecule has 2 heterocycles. The summed E-state index contributed by atoms with van der Waals surface area (Å²) in [7, 11) is 0. The number of benzene rings is 2. The molecule has 0 bridgehead atoms. The number of carbonyl (C=O) groups is 1. The molecular weight excluding hydrogens is 340 g/mol. The van der Waals surface area contributed by atoms with Gasteiger partial charge in [0.15, 0.2) is 5.75 Å². The molecule has 1 saturated heterocycles. The maximum absolute atomic E-state index is 12.6. The van der Waals surface area contributed by atoms with Crippen molar-refractivity contribution >= 4 is 17.4 Å². The molecule has 6 heteroatoms. The van der Waals surface area contributed by atoms with E-state index in [1.165, 1.54) is 19.0 Å². The largest absolute Gasteiger partial charge is 0.455 e. The summed E-state index contributed by atoms with van der Waals surface area (Å²) in [5, 5.41) is 2.86. The first-order valence-corrected chi connectivity index (χ1v) is 9.00. The molecule has 0 unspecified atom stereocenters. The third-order valence-electron chi connectivity index (χ3n) is 4.41. The molecule has 0 saturated carbocycles. The van der Waals surface area contributed by atoms with E-state index < -0.39 is 0 Å². The fourth-order valence-corrected chi connectivity index (χ4v) is 3.01. The number of nitrogens with one attached hydrogen (secondary N) is 1. The number of para-hydroxylation sites is 3. The lowest BCUT2D eigenvalue weighted by Crippen LogP contribution is -2.20. The molecule has 1 amide bonds. The third kappa shape index (κ3) is 4.06. The van der Waals surface area contributed by atoms with E-state index in [2.05, 4.69) is 20.2 Å². The van der Waals surface area contributed by atoms with E-state index >= 15 is 0 Å². The van der Waals surface area contributed by atoms with E-state index in [0.29, 0.717) is 17.2 Å². The summed E-state index contributed by atoms with van der Waals surface area (Å²) in [6.45, 7) is 1.98. The predicted octanol–water partition coefficient (Wildman–Crippen LogP) is 4.12. The summed E-state index contributed by atoms with van der Waals surface area (Å²) in [4.78, 5) is 23.4. The lowest BCUT2D eigenvalue weighted by molar-refractivity contribution is 0.102. The molecule has 1 aromatic heterocycles. The molecule has 1 fully saturated rings. The second kappa shape index (κ2) is 7.86. The fraction of sp³-hybridized carbons (Fsp3) is 0.190. The van der Waals surface area contributed by atoms with Crippen LogP contribution in [-0.2, 0) is 0 Å². The summed E-state index contributed by atoms with van der Waals surface area (Å²) in [5.41, 5.74) is 0.851. The van der Waals surface area contributed by atoms with Gasteiger partial charge in [0.05, 0.1) is 18.1 Å². The molecule has 0 aliphatic carbocycles. The number of amides is 1. The van der Waals surface area contributed by atoms with Gasteiger partial charge in [-0.2, -0.15) is 0 Å². The Morgan fingerprint density at radius 3 is 2.41 bits per heavy atom. The monoisotopic (exact) mass is 360 g/mol. The van der Waals surface area contributed by atoms with Crippen LogP contribution in [-0.4, -0.2) is 29.0 Å². The number of rotatable bonds is 5. The molecule has 136 valence electrons. The van der Waals surface area contributed by atoms with Gasteiger partial charge in [-0.05, 0) is 37.1 Å². The first-order chi connectivity index (χ1) is 13.3. The molecule has 27 heavy (non-hydrogen) atoms. The van der Waals surface area contributed by atoms with Crippen LogP contribution in [0, 0.1) is 0 Å². The Balaban J connectivity index is 1.48. The van der Waals surface area contributed by atoms with Crippen LogP contribution in [0.1, 0.15) is 23.3 Å². The second-order valence-corrected chi connectivity index (χ2v) is 6.32. The van der Waals surface area contributed by atoms with E-state index in [4.69, 9.17) is 4.74 Å². The Morgan fingerprint density at radius 1 is 0.926 bits per heavy atom. The zero-order valence-electron chi connectivity index (χ0n) is 14.8. The first-order valence-electron chi connectivity index (χ1n) is 9.00. The minimum absolute atomic E-state index is 0.271. The van der Waals surface area contributed by atoms with Crippen LogP contribution in [0.2, 0.25) is 0 Å². The second-order valence-electron chi connectivity index (χ2n) is 6.32. The maximum atomic E-state index is 12.6. The smallest absolute Gasteiger partial charge is 0.275 e. The number of hydrogen-bond acceptors (Lipinski definition) is 5. The molecule has 0 atom stereocenters. The highest BCUT2D eigenvalue weighted by molar-refractivity contribution is 6.03. The zero-order chi connectivity index (χ0) is 18.5. The number of carbonyl (C=O) groups excluding carboxylic acids is 1. The van der Waals surface area contributed by atoms with Gasteiger partial charge in [0, 0.05) is 13.1 Å². The summed E-state index contributed by atoms with van der Waals surface area (Å²) in [6, 6.07) is 16.7. The van der Waals surface area contributed by atoms with Crippen molar-refractivity contribution in [1.29, 1.82) is 0 Å². The normalized spacial score (nSPS) is 13.4. The molecule has 3 aromatic rings. The summed E-state index contributed by atoms with van der Waals surface area (Å²) < 4.78 is 5.88. The number of hydrogen-bond donors (Lipinski definition) is 1. The van der Waals surface area contributed by atoms with E-state index in [9.17, 15) is 4.79 Å². The molecular formula is C21H20N4O2. The Bertz CT molecular complexity index is 907. The quantitative estimate of drug-likeness (QED) is 0.741. The number of aromatic nitrogens is 2. The van der Waals surface area contributed by atoms with Crippen LogP contribution < -0.4 is 15.0 Å². The van der Waals surface area contributed by atoms with Gasteiger partial charge in [0.2, 0.25) is 0 Å². The SMILES string of the molecule is O=C(Nc1ccccc1Oc1ccccc1)c1cnc(N2CCCC2)cn1. The van der Waals surface area contributed by atoms with E-state index in [-0.39, 0.29) is 11.6 Å². The van der Waals surface area contributed by atoms with Crippen molar-refractivity contribution in [1.82, 2.24) is 9.97 Å². The lowest BCUT2D eigenvalue weighted by atomic mass is 10.2. The van der Waals surface area contributed by atoms with Crippen LogP contribution in [0.15, 0.2) is 67.0 Å². The van der Waals surface area contributed by atoms with Gasteiger partial charge < -0.3 is 15.0 Å². The van der Waals surface area contributed by atoms with Crippen molar-refractivity contribution in [3.05, 3.63) is 72.7 Å². The van der Waals surface area contributed by atoms with Crippen molar-refractivity contribution in [3.8, 4) is 11.5 Å². The van der Waals surface area contributed by atoms with Gasteiger partial charge in [0.1, 0.15) is 17.3 Å². The summed E-state index contributed by atoms with van der Waals surface area (Å²) in [5.74, 6) is 1.77. The Labute approximate surface area is 157 Å². The predicted molar refractivity (Wildman–Crippen MR) is 104 cm³/mol. The summed E-state index contributed by atoms with van der Waals surface area (Å²) in [6.07, 6.45) is 5.51. The van der Waals surface area contributed by atoms with E-state index in [0.717, 1.165) is 18.9 Å². The fourth-order valence-electron chi connectivity index (χ4n) is 3.01.